The third-order valence-electron chi connectivity index (χ3n) is 3.57. The minimum Gasteiger partial charge on any atom is -0.463 e. The van der Waals surface area contributed by atoms with Crippen LogP contribution in [0.3, 0.4) is 0 Å². The Morgan fingerprint density at radius 2 is 1.94 bits per heavy atom. The van der Waals surface area contributed by atoms with Gasteiger partial charge in [-0.3, -0.25) is 4.90 Å². The molecule has 94 valence electrons. The van der Waals surface area contributed by atoms with Crippen LogP contribution in [0.1, 0.15) is 24.4 Å². The molecule has 2 fully saturated rings. The molecule has 1 N–H and O–H groups in total. The van der Waals surface area contributed by atoms with E-state index >= 15 is 0 Å². The largest absolute Gasteiger partial charge is 0.463 e. The number of hydrogen-bond acceptors (Lipinski definition) is 4. The van der Waals surface area contributed by atoms with Crippen LogP contribution in [0.4, 0.5) is 0 Å². The first kappa shape index (κ1) is 11.3. The monoisotopic (exact) mass is 236 g/mol. The normalized spacial score (nSPS) is 28.8. The molecular weight excluding hydrogens is 216 g/mol. The lowest BCUT2D eigenvalue weighted by atomic mass is 10.2. The number of rotatable bonds is 4. The average molecular weight is 236 g/mol. The molecule has 0 aliphatic carbocycles. The molecule has 1 aromatic heterocycles. The summed E-state index contributed by atoms with van der Waals surface area (Å²) in [6.07, 6.45) is 3.37. The number of likely N-dealkylation sites (tertiary alicyclic amines) is 1. The standard InChI is InChI=1S/C13H20N2O2/c1-14-6-10-2-3-11(16-10)7-15-8-12-4-5-13(9-15)17-12/h2-3,12-14H,4-9H2,1H3. The van der Waals surface area contributed by atoms with Gasteiger partial charge in [0.1, 0.15) is 11.5 Å². The first-order chi connectivity index (χ1) is 8.33. The van der Waals surface area contributed by atoms with Gasteiger partial charge in [-0.1, -0.05) is 0 Å². The summed E-state index contributed by atoms with van der Waals surface area (Å²) in [6.45, 7) is 3.82. The van der Waals surface area contributed by atoms with Gasteiger partial charge >= 0.3 is 0 Å². The van der Waals surface area contributed by atoms with E-state index in [0.29, 0.717) is 12.2 Å². The quantitative estimate of drug-likeness (QED) is 0.856. The Hall–Kier alpha value is -0.840. The van der Waals surface area contributed by atoms with Gasteiger partial charge in [0.05, 0.1) is 25.3 Å². The van der Waals surface area contributed by atoms with Gasteiger partial charge in [-0.05, 0) is 32.0 Å². The summed E-state index contributed by atoms with van der Waals surface area (Å²) in [7, 11) is 1.93. The maximum Gasteiger partial charge on any atom is 0.118 e. The van der Waals surface area contributed by atoms with Gasteiger partial charge in [0.2, 0.25) is 0 Å². The Kier molecular flexibility index (Phi) is 3.18. The third kappa shape index (κ3) is 2.54. The van der Waals surface area contributed by atoms with Gasteiger partial charge in [0, 0.05) is 13.1 Å². The van der Waals surface area contributed by atoms with Crippen LogP contribution in [0.5, 0.6) is 0 Å². The molecule has 0 radical (unpaired) electrons. The Labute approximate surface area is 102 Å². The smallest absolute Gasteiger partial charge is 0.118 e. The predicted molar refractivity (Wildman–Crippen MR) is 64.6 cm³/mol. The fourth-order valence-electron chi connectivity index (χ4n) is 2.83. The van der Waals surface area contributed by atoms with E-state index in [1.807, 2.05) is 7.05 Å². The lowest BCUT2D eigenvalue weighted by molar-refractivity contribution is -0.0427. The number of fused-ring (bicyclic) bond motifs is 2. The van der Waals surface area contributed by atoms with Crippen molar-refractivity contribution >= 4 is 0 Å². The van der Waals surface area contributed by atoms with Crippen molar-refractivity contribution < 1.29 is 9.15 Å². The lowest BCUT2D eigenvalue weighted by Crippen LogP contribution is -2.41. The number of morpholine rings is 1. The van der Waals surface area contributed by atoms with Crippen LogP contribution in [0.15, 0.2) is 16.5 Å². The van der Waals surface area contributed by atoms with Gasteiger partial charge < -0.3 is 14.5 Å². The Balaban J connectivity index is 1.58. The highest BCUT2D eigenvalue weighted by Crippen LogP contribution is 2.27. The van der Waals surface area contributed by atoms with Crippen LogP contribution in [0.25, 0.3) is 0 Å². The molecule has 3 heterocycles. The fourth-order valence-corrected chi connectivity index (χ4v) is 2.83. The maximum absolute atomic E-state index is 5.83. The van der Waals surface area contributed by atoms with Crippen molar-refractivity contribution in [3.63, 3.8) is 0 Å². The van der Waals surface area contributed by atoms with Crippen molar-refractivity contribution in [2.24, 2.45) is 0 Å². The molecule has 2 atom stereocenters. The molecule has 1 aromatic rings. The molecule has 2 aliphatic heterocycles. The molecule has 3 rings (SSSR count). The van der Waals surface area contributed by atoms with Crippen molar-refractivity contribution in [1.29, 1.82) is 0 Å². The van der Waals surface area contributed by atoms with E-state index in [9.17, 15) is 0 Å². The zero-order valence-electron chi connectivity index (χ0n) is 10.3. The summed E-state index contributed by atoms with van der Waals surface area (Å²) in [4.78, 5) is 2.45. The fraction of sp³-hybridized carbons (Fsp3) is 0.692. The highest BCUT2D eigenvalue weighted by molar-refractivity contribution is 5.07. The Morgan fingerprint density at radius 1 is 1.24 bits per heavy atom. The number of nitrogens with zero attached hydrogens (tertiary/aromatic N) is 1. The van der Waals surface area contributed by atoms with Crippen LogP contribution in [0.2, 0.25) is 0 Å². The second kappa shape index (κ2) is 4.80. The number of ether oxygens (including phenoxy) is 1. The summed E-state index contributed by atoms with van der Waals surface area (Å²) in [5.74, 6) is 2.08. The minimum atomic E-state index is 0.459. The van der Waals surface area contributed by atoms with Gasteiger partial charge in [-0.2, -0.15) is 0 Å². The summed E-state index contributed by atoms with van der Waals surface area (Å²) in [6, 6.07) is 4.14. The van der Waals surface area contributed by atoms with Crippen LogP contribution < -0.4 is 5.32 Å². The van der Waals surface area contributed by atoms with Crippen molar-refractivity contribution in [3.8, 4) is 0 Å². The van der Waals surface area contributed by atoms with E-state index in [-0.39, 0.29) is 0 Å². The Morgan fingerprint density at radius 3 is 2.65 bits per heavy atom. The molecule has 2 unspecified atom stereocenters. The van der Waals surface area contributed by atoms with Crippen molar-refractivity contribution in [1.82, 2.24) is 10.2 Å². The molecule has 4 heteroatoms. The molecule has 4 nitrogen and oxygen atoms in total. The molecule has 0 saturated carbocycles. The molecule has 0 amide bonds. The molecule has 17 heavy (non-hydrogen) atoms. The first-order valence-corrected chi connectivity index (χ1v) is 6.43. The van der Waals surface area contributed by atoms with E-state index < -0.39 is 0 Å². The zero-order chi connectivity index (χ0) is 11.7. The van der Waals surface area contributed by atoms with Crippen LogP contribution in [-0.2, 0) is 17.8 Å². The number of nitrogens with one attached hydrogen (secondary N) is 1. The maximum atomic E-state index is 5.83. The zero-order valence-corrected chi connectivity index (χ0v) is 10.3. The van der Waals surface area contributed by atoms with Gasteiger partial charge in [0.25, 0.3) is 0 Å². The highest BCUT2D eigenvalue weighted by atomic mass is 16.5. The predicted octanol–water partition coefficient (Wildman–Crippen LogP) is 1.36. The summed E-state index contributed by atoms with van der Waals surface area (Å²) >= 11 is 0. The first-order valence-electron chi connectivity index (χ1n) is 6.43. The SMILES string of the molecule is CNCc1ccc(CN2CC3CCC(C2)O3)o1. The average Bonchev–Trinajstić information content (AvgIpc) is 2.87. The van der Waals surface area contributed by atoms with E-state index in [2.05, 4.69) is 22.3 Å². The molecule has 0 aromatic carbocycles. The summed E-state index contributed by atoms with van der Waals surface area (Å²) in [5.41, 5.74) is 0. The number of hydrogen-bond donors (Lipinski definition) is 1. The molecular formula is C13H20N2O2. The second-order valence-corrected chi connectivity index (χ2v) is 5.05. The van der Waals surface area contributed by atoms with Crippen molar-refractivity contribution in [3.05, 3.63) is 23.7 Å². The molecule has 2 bridgehead atoms. The van der Waals surface area contributed by atoms with Crippen LogP contribution in [0, 0.1) is 0 Å². The Bertz CT molecular complexity index is 365. The van der Waals surface area contributed by atoms with E-state index in [1.165, 1.54) is 12.8 Å². The van der Waals surface area contributed by atoms with Crippen molar-refractivity contribution in [2.75, 3.05) is 20.1 Å². The van der Waals surface area contributed by atoms with Crippen LogP contribution >= 0.6 is 0 Å². The van der Waals surface area contributed by atoms with Gasteiger partial charge in [-0.25, -0.2) is 0 Å². The topological polar surface area (TPSA) is 37.6 Å². The molecule has 0 spiro atoms. The molecule has 2 aliphatic rings. The van der Waals surface area contributed by atoms with E-state index in [1.54, 1.807) is 0 Å². The van der Waals surface area contributed by atoms with E-state index in [0.717, 1.165) is 37.7 Å². The lowest BCUT2D eigenvalue weighted by Gasteiger charge is -2.31. The van der Waals surface area contributed by atoms with E-state index in [4.69, 9.17) is 9.15 Å². The van der Waals surface area contributed by atoms with Gasteiger partial charge in [0.15, 0.2) is 0 Å². The number of furan rings is 1. The third-order valence-corrected chi connectivity index (χ3v) is 3.57. The summed E-state index contributed by atoms with van der Waals surface area (Å²) in [5, 5.41) is 3.10. The summed E-state index contributed by atoms with van der Waals surface area (Å²) < 4.78 is 11.6. The second-order valence-electron chi connectivity index (χ2n) is 5.05. The van der Waals surface area contributed by atoms with Crippen LogP contribution in [-0.4, -0.2) is 37.2 Å². The molecule has 2 saturated heterocycles. The van der Waals surface area contributed by atoms with Crippen molar-refractivity contribution in [2.45, 2.75) is 38.1 Å². The highest BCUT2D eigenvalue weighted by Gasteiger charge is 2.33. The van der Waals surface area contributed by atoms with Gasteiger partial charge in [-0.15, -0.1) is 0 Å². The minimum absolute atomic E-state index is 0.459.